The van der Waals surface area contributed by atoms with Crippen molar-refractivity contribution in [2.45, 2.75) is 0 Å². The number of fused-ring (bicyclic) bond motifs is 1. The summed E-state index contributed by atoms with van der Waals surface area (Å²) in [6.45, 7) is 0. The molecular formula is C25H18FN3O3. The van der Waals surface area contributed by atoms with Crippen molar-refractivity contribution in [2.75, 3.05) is 5.32 Å². The molecule has 0 aliphatic carbocycles. The highest BCUT2D eigenvalue weighted by molar-refractivity contribution is 6.05. The first-order valence-electron chi connectivity index (χ1n) is 9.72. The second-order valence-corrected chi connectivity index (χ2v) is 6.96. The lowest BCUT2D eigenvalue weighted by atomic mass is 10.0. The molecule has 6 nitrogen and oxygen atoms in total. The third-order valence-corrected chi connectivity index (χ3v) is 4.82. The molecule has 0 bridgehead atoms. The number of nitrogens with zero attached hydrogens (tertiary/aromatic N) is 1. The molecule has 3 N–H and O–H groups in total. The Bertz CT molecular complexity index is 1320. The van der Waals surface area contributed by atoms with E-state index >= 15 is 0 Å². The van der Waals surface area contributed by atoms with Gasteiger partial charge >= 0.3 is 0 Å². The Labute approximate surface area is 183 Å². The molecule has 0 aromatic heterocycles. The second kappa shape index (κ2) is 9.09. The number of hydrogen-bond donors (Lipinski definition) is 3. The van der Waals surface area contributed by atoms with Crippen molar-refractivity contribution in [3.05, 3.63) is 107 Å². The molecule has 0 saturated heterocycles. The van der Waals surface area contributed by atoms with E-state index in [1.54, 1.807) is 36.4 Å². The van der Waals surface area contributed by atoms with Crippen molar-refractivity contribution >= 4 is 34.5 Å². The molecule has 4 aromatic rings. The van der Waals surface area contributed by atoms with Crippen molar-refractivity contribution < 1.29 is 19.1 Å². The van der Waals surface area contributed by atoms with Crippen LogP contribution in [0.3, 0.4) is 0 Å². The van der Waals surface area contributed by atoms with Gasteiger partial charge in [-0.2, -0.15) is 5.10 Å². The fraction of sp³-hybridized carbons (Fsp3) is 0. The lowest BCUT2D eigenvalue weighted by Gasteiger charge is -2.07. The van der Waals surface area contributed by atoms with Gasteiger partial charge in [-0.05, 0) is 65.4 Å². The number of rotatable bonds is 5. The van der Waals surface area contributed by atoms with E-state index in [0.717, 1.165) is 10.8 Å². The minimum Gasteiger partial charge on any atom is -0.507 e. The van der Waals surface area contributed by atoms with Crippen molar-refractivity contribution in [3.63, 3.8) is 0 Å². The lowest BCUT2D eigenvalue weighted by Crippen LogP contribution is -2.18. The first-order valence-corrected chi connectivity index (χ1v) is 9.72. The van der Waals surface area contributed by atoms with Gasteiger partial charge in [-0.15, -0.1) is 0 Å². The Morgan fingerprint density at radius 3 is 2.22 bits per heavy atom. The summed E-state index contributed by atoms with van der Waals surface area (Å²) in [5.74, 6) is -1.20. The fourth-order valence-electron chi connectivity index (χ4n) is 3.15. The lowest BCUT2D eigenvalue weighted by molar-refractivity contribution is 0.0954. The zero-order valence-corrected chi connectivity index (χ0v) is 16.7. The number of aromatic hydroxyl groups is 1. The van der Waals surface area contributed by atoms with Crippen LogP contribution in [0.25, 0.3) is 10.8 Å². The number of phenols is 1. The summed E-state index contributed by atoms with van der Waals surface area (Å²) < 4.78 is 13.0. The third kappa shape index (κ3) is 4.62. The molecule has 2 amide bonds. The number of nitrogens with one attached hydrogen (secondary N) is 2. The van der Waals surface area contributed by atoms with Crippen LogP contribution >= 0.6 is 0 Å². The monoisotopic (exact) mass is 427 g/mol. The quantitative estimate of drug-likeness (QED) is 0.318. The molecule has 0 fully saturated rings. The maximum atomic E-state index is 13.0. The summed E-state index contributed by atoms with van der Waals surface area (Å²) in [6.07, 6.45) is 1.40. The minimum atomic E-state index is -0.447. The van der Waals surface area contributed by atoms with Crippen LogP contribution in [0.4, 0.5) is 10.1 Å². The molecule has 0 radical (unpaired) electrons. The van der Waals surface area contributed by atoms with E-state index < -0.39 is 11.7 Å². The van der Waals surface area contributed by atoms with E-state index in [0.29, 0.717) is 22.4 Å². The van der Waals surface area contributed by atoms with Gasteiger partial charge in [-0.1, -0.05) is 30.3 Å². The molecule has 0 atom stereocenters. The van der Waals surface area contributed by atoms with E-state index in [1.807, 2.05) is 24.3 Å². The van der Waals surface area contributed by atoms with Gasteiger partial charge in [0.1, 0.15) is 11.6 Å². The average Bonchev–Trinajstić information content (AvgIpc) is 2.81. The summed E-state index contributed by atoms with van der Waals surface area (Å²) in [5.41, 5.74) is 4.07. The van der Waals surface area contributed by atoms with Gasteiger partial charge in [0.15, 0.2) is 0 Å². The van der Waals surface area contributed by atoms with Crippen LogP contribution in [0.2, 0.25) is 0 Å². The van der Waals surface area contributed by atoms with Crippen LogP contribution in [0.15, 0.2) is 90.0 Å². The number of hydrazone groups is 1. The van der Waals surface area contributed by atoms with Crippen molar-refractivity contribution in [1.82, 2.24) is 5.43 Å². The number of amides is 2. The summed E-state index contributed by atoms with van der Waals surface area (Å²) in [5, 5.41) is 18.5. The molecule has 0 saturated carbocycles. The smallest absolute Gasteiger partial charge is 0.271 e. The fourth-order valence-corrected chi connectivity index (χ4v) is 3.15. The molecule has 32 heavy (non-hydrogen) atoms. The molecule has 0 unspecified atom stereocenters. The van der Waals surface area contributed by atoms with Gasteiger partial charge in [0.05, 0.1) is 6.21 Å². The minimum absolute atomic E-state index is 0.0583. The highest BCUT2D eigenvalue weighted by Crippen LogP contribution is 2.25. The maximum Gasteiger partial charge on any atom is 0.271 e. The zero-order valence-electron chi connectivity index (χ0n) is 16.7. The largest absolute Gasteiger partial charge is 0.507 e. The predicted molar refractivity (Wildman–Crippen MR) is 121 cm³/mol. The molecule has 0 aliphatic heterocycles. The molecule has 158 valence electrons. The van der Waals surface area contributed by atoms with Gasteiger partial charge in [-0.25, -0.2) is 9.82 Å². The molecule has 4 aromatic carbocycles. The molecule has 0 aliphatic rings. The number of benzene rings is 4. The SMILES string of the molecule is O=C(N/N=C\c1c(O)ccc2ccccc12)c1ccc(NC(=O)c2ccc(F)cc2)cc1. The Morgan fingerprint density at radius 2 is 1.47 bits per heavy atom. The number of halogens is 1. The van der Waals surface area contributed by atoms with Gasteiger partial charge in [0.25, 0.3) is 11.8 Å². The van der Waals surface area contributed by atoms with Crippen LogP contribution in [0.5, 0.6) is 5.75 Å². The van der Waals surface area contributed by atoms with Gasteiger partial charge in [0, 0.05) is 22.4 Å². The van der Waals surface area contributed by atoms with Crippen molar-refractivity contribution in [1.29, 1.82) is 0 Å². The Morgan fingerprint density at radius 1 is 0.812 bits per heavy atom. The van der Waals surface area contributed by atoms with E-state index in [-0.39, 0.29) is 11.7 Å². The third-order valence-electron chi connectivity index (χ3n) is 4.82. The highest BCUT2D eigenvalue weighted by atomic mass is 19.1. The number of phenolic OH excluding ortho intramolecular Hbond substituents is 1. The normalized spacial score (nSPS) is 10.9. The van der Waals surface area contributed by atoms with Gasteiger partial charge < -0.3 is 10.4 Å². The average molecular weight is 427 g/mol. The molecular weight excluding hydrogens is 409 g/mol. The standard InChI is InChI=1S/C25H18FN3O3/c26-19-10-5-17(6-11-19)24(31)28-20-12-7-18(8-13-20)25(32)29-27-15-22-21-4-2-1-3-16(21)9-14-23(22)30/h1-15,30H,(H,28,31)(H,29,32)/b27-15-. The number of carbonyl (C=O) groups is 2. The first-order chi connectivity index (χ1) is 15.5. The highest BCUT2D eigenvalue weighted by Gasteiger charge is 2.09. The topological polar surface area (TPSA) is 90.8 Å². The number of anilines is 1. The van der Waals surface area contributed by atoms with Gasteiger partial charge in [-0.3, -0.25) is 9.59 Å². The Kier molecular flexibility index (Phi) is 5.89. The van der Waals surface area contributed by atoms with Crippen molar-refractivity contribution in [2.24, 2.45) is 5.10 Å². The molecule has 0 heterocycles. The van der Waals surface area contributed by atoms with Crippen LogP contribution in [0.1, 0.15) is 26.3 Å². The first kappa shape index (κ1) is 20.7. The van der Waals surface area contributed by atoms with E-state index in [9.17, 15) is 19.1 Å². The van der Waals surface area contributed by atoms with Crippen LogP contribution in [-0.2, 0) is 0 Å². The van der Waals surface area contributed by atoms with E-state index in [2.05, 4.69) is 15.8 Å². The zero-order chi connectivity index (χ0) is 22.5. The molecule has 4 rings (SSSR count). The second-order valence-electron chi connectivity index (χ2n) is 6.96. The van der Waals surface area contributed by atoms with Crippen LogP contribution in [-0.4, -0.2) is 23.1 Å². The Hall–Kier alpha value is -4.52. The number of hydrogen-bond acceptors (Lipinski definition) is 4. The Balaban J connectivity index is 1.41. The van der Waals surface area contributed by atoms with E-state index in [1.165, 1.54) is 30.5 Å². The summed E-state index contributed by atoms with van der Waals surface area (Å²) in [4.78, 5) is 24.5. The predicted octanol–water partition coefficient (Wildman–Crippen LogP) is 4.70. The molecule has 7 heteroatoms. The summed E-state index contributed by atoms with van der Waals surface area (Å²) in [7, 11) is 0. The number of carbonyl (C=O) groups excluding carboxylic acids is 2. The maximum absolute atomic E-state index is 13.0. The van der Waals surface area contributed by atoms with Gasteiger partial charge in [0.2, 0.25) is 0 Å². The summed E-state index contributed by atoms with van der Waals surface area (Å²) >= 11 is 0. The van der Waals surface area contributed by atoms with Crippen LogP contribution in [0, 0.1) is 5.82 Å². The van der Waals surface area contributed by atoms with Crippen molar-refractivity contribution in [3.8, 4) is 5.75 Å². The van der Waals surface area contributed by atoms with Crippen LogP contribution < -0.4 is 10.7 Å². The summed E-state index contributed by atoms with van der Waals surface area (Å²) in [6, 6.07) is 22.3. The molecule has 0 spiro atoms. The van der Waals surface area contributed by atoms with E-state index in [4.69, 9.17) is 0 Å².